The Hall–Kier alpha value is -3.30. The molecular formula is C15H13F2N3O5. The first-order chi connectivity index (χ1) is 12.0. The fourth-order valence-corrected chi connectivity index (χ4v) is 1.82. The molecule has 8 nitrogen and oxygen atoms in total. The zero-order chi connectivity index (χ0) is 18.2. The zero-order valence-electron chi connectivity index (χ0n) is 12.7. The van der Waals surface area contributed by atoms with Gasteiger partial charge in [0.15, 0.2) is 6.61 Å². The second kappa shape index (κ2) is 8.52. The van der Waals surface area contributed by atoms with Crippen LogP contribution >= 0.6 is 0 Å². The summed E-state index contributed by atoms with van der Waals surface area (Å²) in [6.45, 7) is -3.20. The van der Waals surface area contributed by atoms with Gasteiger partial charge in [0.1, 0.15) is 11.9 Å². The van der Waals surface area contributed by atoms with E-state index in [-0.39, 0.29) is 18.0 Å². The van der Waals surface area contributed by atoms with Crippen LogP contribution in [0.1, 0.15) is 5.56 Å². The number of carbonyl (C=O) groups is 1. The first-order valence-electron chi connectivity index (χ1n) is 6.98. The number of carbonyl (C=O) groups excluding carboxylic acids is 1. The number of halogens is 2. The monoisotopic (exact) mass is 353 g/mol. The number of rotatable bonds is 8. The highest BCUT2D eigenvalue weighted by Crippen LogP contribution is 2.22. The van der Waals surface area contributed by atoms with Crippen molar-refractivity contribution in [3.05, 3.63) is 58.3 Å². The molecule has 1 amide bonds. The summed E-state index contributed by atoms with van der Waals surface area (Å²) in [4.78, 5) is 25.4. The lowest BCUT2D eigenvalue weighted by atomic mass is 10.2. The first-order valence-corrected chi connectivity index (χ1v) is 6.98. The smallest absolute Gasteiger partial charge is 0.406 e. The van der Waals surface area contributed by atoms with Crippen molar-refractivity contribution in [2.75, 3.05) is 6.61 Å². The third-order valence-corrected chi connectivity index (χ3v) is 2.92. The highest BCUT2D eigenvalue weighted by molar-refractivity contribution is 5.77. The van der Waals surface area contributed by atoms with Crippen LogP contribution < -0.4 is 14.8 Å². The molecule has 0 spiro atoms. The van der Waals surface area contributed by atoms with Crippen LogP contribution in [-0.2, 0) is 11.3 Å². The van der Waals surface area contributed by atoms with Crippen molar-refractivity contribution in [1.29, 1.82) is 0 Å². The van der Waals surface area contributed by atoms with E-state index in [1.165, 1.54) is 42.6 Å². The molecule has 1 aromatic carbocycles. The minimum absolute atomic E-state index is 0.0114. The molecule has 0 saturated heterocycles. The SMILES string of the molecule is O=C(COc1cccnc1[N+](=O)[O-])NCc1ccc(OC(F)F)cc1. The summed E-state index contributed by atoms with van der Waals surface area (Å²) in [7, 11) is 0. The van der Waals surface area contributed by atoms with E-state index >= 15 is 0 Å². The van der Waals surface area contributed by atoms with E-state index in [0.717, 1.165) is 0 Å². The van der Waals surface area contributed by atoms with Crippen LogP contribution in [0, 0.1) is 10.1 Å². The lowest BCUT2D eigenvalue weighted by Gasteiger charge is -2.08. The van der Waals surface area contributed by atoms with Crippen LogP contribution in [0.25, 0.3) is 0 Å². The third kappa shape index (κ3) is 5.68. The van der Waals surface area contributed by atoms with Crippen molar-refractivity contribution in [3.63, 3.8) is 0 Å². The second-order valence-electron chi connectivity index (χ2n) is 4.67. The molecule has 0 saturated carbocycles. The summed E-state index contributed by atoms with van der Waals surface area (Å²) >= 11 is 0. The number of amides is 1. The van der Waals surface area contributed by atoms with Crippen molar-refractivity contribution < 1.29 is 28.0 Å². The van der Waals surface area contributed by atoms with Gasteiger partial charge in [0.05, 0.1) is 0 Å². The molecule has 2 rings (SSSR count). The standard InChI is InChI=1S/C15H13F2N3O5/c16-15(17)25-11-5-3-10(4-6-11)8-19-13(21)9-24-12-2-1-7-18-14(12)20(22)23/h1-7,15H,8-9H2,(H,19,21). The summed E-state index contributed by atoms with van der Waals surface area (Å²) in [5.41, 5.74) is 0.655. The van der Waals surface area contributed by atoms with Crippen LogP contribution in [0.4, 0.5) is 14.6 Å². The maximum atomic E-state index is 12.0. The molecule has 10 heteroatoms. The Kier molecular flexibility index (Phi) is 6.15. The molecule has 132 valence electrons. The highest BCUT2D eigenvalue weighted by Gasteiger charge is 2.16. The van der Waals surface area contributed by atoms with E-state index in [1.54, 1.807) is 0 Å². The lowest BCUT2D eigenvalue weighted by Crippen LogP contribution is -2.28. The number of pyridine rings is 1. The first kappa shape index (κ1) is 18.0. The van der Waals surface area contributed by atoms with Crippen LogP contribution in [0.15, 0.2) is 42.6 Å². The number of hydrogen-bond acceptors (Lipinski definition) is 6. The average Bonchev–Trinajstić information content (AvgIpc) is 2.59. The Labute approximate surface area is 140 Å². The van der Waals surface area contributed by atoms with Crippen molar-refractivity contribution in [2.24, 2.45) is 0 Å². The van der Waals surface area contributed by atoms with E-state index in [0.29, 0.717) is 5.56 Å². The Balaban J connectivity index is 1.82. The van der Waals surface area contributed by atoms with E-state index in [2.05, 4.69) is 15.0 Å². The van der Waals surface area contributed by atoms with Gasteiger partial charge in [0.2, 0.25) is 5.75 Å². The largest absolute Gasteiger partial charge is 0.476 e. The Morgan fingerprint density at radius 2 is 2.00 bits per heavy atom. The fourth-order valence-electron chi connectivity index (χ4n) is 1.82. The number of alkyl halides is 2. The number of hydrogen-bond donors (Lipinski definition) is 1. The van der Waals surface area contributed by atoms with E-state index in [4.69, 9.17) is 4.74 Å². The summed E-state index contributed by atoms with van der Waals surface area (Å²) in [6, 6.07) is 8.52. The summed E-state index contributed by atoms with van der Waals surface area (Å²) in [5.74, 6) is -1.09. The normalized spacial score (nSPS) is 10.4. The number of aromatic nitrogens is 1. The number of ether oxygens (including phenoxy) is 2. The van der Waals surface area contributed by atoms with Crippen LogP contribution in [0.5, 0.6) is 11.5 Å². The molecule has 0 bridgehead atoms. The fraction of sp³-hybridized carbons (Fsp3) is 0.200. The van der Waals surface area contributed by atoms with Crippen molar-refractivity contribution in [1.82, 2.24) is 10.3 Å². The molecule has 2 aromatic rings. The van der Waals surface area contributed by atoms with E-state index < -0.39 is 29.9 Å². The predicted octanol–water partition coefficient (Wildman–Crippen LogP) is 2.29. The third-order valence-electron chi connectivity index (χ3n) is 2.92. The van der Waals surface area contributed by atoms with Gasteiger partial charge in [-0.05, 0) is 39.7 Å². The van der Waals surface area contributed by atoms with Gasteiger partial charge >= 0.3 is 12.4 Å². The maximum Gasteiger partial charge on any atom is 0.406 e. The average molecular weight is 353 g/mol. The van der Waals surface area contributed by atoms with E-state index in [1.807, 2.05) is 0 Å². The van der Waals surface area contributed by atoms with Gasteiger partial charge in [-0.3, -0.25) is 4.79 Å². The van der Waals surface area contributed by atoms with Crippen molar-refractivity contribution >= 4 is 11.7 Å². The molecule has 0 aliphatic carbocycles. The van der Waals surface area contributed by atoms with Gasteiger partial charge in [-0.1, -0.05) is 12.1 Å². The Morgan fingerprint density at radius 1 is 1.28 bits per heavy atom. The van der Waals surface area contributed by atoms with Gasteiger partial charge in [-0.2, -0.15) is 8.78 Å². The van der Waals surface area contributed by atoms with E-state index in [9.17, 15) is 23.7 Å². The molecule has 0 aliphatic heterocycles. The maximum absolute atomic E-state index is 12.0. The van der Waals surface area contributed by atoms with Crippen molar-refractivity contribution in [2.45, 2.75) is 13.2 Å². The van der Waals surface area contributed by atoms with Crippen LogP contribution in [0.3, 0.4) is 0 Å². The zero-order valence-corrected chi connectivity index (χ0v) is 12.7. The Morgan fingerprint density at radius 3 is 2.64 bits per heavy atom. The minimum atomic E-state index is -2.90. The van der Waals surface area contributed by atoms with Gasteiger partial charge in [0.25, 0.3) is 5.91 Å². The molecule has 0 radical (unpaired) electrons. The number of nitrogens with one attached hydrogen (secondary N) is 1. The van der Waals surface area contributed by atoms with Gasteiger partial charge in [-0.15, -0.1) is 0 Å². The molecule has 1 aromatic heterocycles. The highest BCUT2D eigenvalue weighted by atomic mass is 19.3. The second-order valence-corrected chi connectivity index (χ2v) is 4.67. The molecule has 25 heavy (non-hydrogen) atoms. The number of nitro groups is 1. The quantitative estimate of drug-likeness (QED) is 0.577. The number of nitrogens with zero attached hydrogens (tertiary/aromatic N) is 2. The lowest BCUT2D eigenvalue weighted by molar-refractivity contribution is -0.390. The van der Waals surface area contributed by atoms with Crippen LogP contribution in [-0.4, -0.2) is 29.0 Å². The molecular weight excluding hydrogens is 340 g/mol. The van der Waals surface area contributed by atoms with Gasteiger partial charge in [-0.25, -0.2) is 0 Å². The molecule has 1 N–H and O–H groups in total. The predicted molar refractivity (Wildman–Crippen MR) is 81.3 cm³/mol. The molecule has 1 heterocycles. The molecule has 0 unspecified atom stereocenters. The van der Waals surface area contributed by atoms with Gasteiger partial charge in [0, 0.05) is 6.54 Å². The number of benzene rings is 1. The Bertz CT molecular complexity index is 740. The van der Waals surface area contributed by atoms with Crippen LogP contribution in [0.2, 0.25) is 0 Å². The minimum Gasteiger partial charge on any atom is -0.476 e. The molecule has 0 aliphatic rings. The molecule has 0 atom stereocenters. The summed E-state index contributed by atoms with van der Waals surface area (Å²) < 4.78 is 33.4. The summed E-state index contributed by atoms with van der Waals surface area (Å²) in [6.07, 6.45) is 1.24. The van der Waals surface area contributed by atoms with Gasteiger partial charge < -0.3 is 24.9 Å². The topological polar surface area (TPSA) is 104 Å². The molecule has 0 fully saturated rings. The van der Waals surface area contributed by atoms with Crippen molar-refractivity contribution in [3.8, 4) is 11.5 Å². The summed E-state index contributed by atoms with van der Waals surface area (Å²) in [5, 5.41) is 13.3.